The Labute approximate surface area is 82.5 Å². The van der Waals surface area contributed by atoms with Crippen molar-refractivity contribution in [1.29, 1.82) is 0 Å². The minimum atomic E-state index is 0.163. The number of carbonyl (C=O) groups excluding carboxylic acids is 1. The fourth-order valence-electron chi connectivity index (χ4n) is 1.74. The van der Waals surface area contributed by atoms with Gasteiger partial charge in [-0.1, -0.05) is 12.1 Å². The predicted molar refractivity (Wildman–Crippen MR) is 55.3 cm³/mol. The topological polar surface area (TPSA) is 30.2 Å². The molecule has 2 nitrogen and oxygen atoms in total. The molecule has 0 atom stereocenters. The number of aryl methyl sites for hydroxylation is 1. The Morgan fingerprint density at radius 2 is 2.21 bits per heavy atom. The second-order valence-corrected chi connectivity index (χ2v) is 3.59. The van der Waals surface area contributed by atoms with Crippen molar-refractivity contribution in [3.05, 3.63) is 35.6 Å². The fraction of sp³-hybridized carbons (Fsp3) is 0.250. The summed E-state index contributed by atoms with van der Waals surface area (Å²) in [5.41, 5.74) is 3.01. The van der Waals surface area contributed by atoms with Crippen molar-refractivity contribution >= 4 is 16.8 Å². The third-order valence-electron chi connectivity index (χ3n) is 2.32. The number of fused-ring (bicyclic) bond motifs is 1. The molecule has 2 rings (SSSR count). The molecule has 72 valence electrons. The van der Waals surface area contributed by atoms with E-state index in [1.165, 1.54) is 0 Å². The summed E-state index contributed by atoms with van der Waals surface area (Å²) < 4.78 is 5.38. The second-order valence-electron chi connectivity index (χ2n) is 3.59. The van der Waals surface area contributed by atoms with E-state index in [-0.39, 0.29) is 5.78 Å². The summed E-state index contributed by atoms with van der Waals surface area (Å²) in [4.78, 5) is 11.0. The summed E-state index contributed by atoms with van der Waals surface area (Å²) in [5.74, 6) is 0.163. The average Bonchev–Trinajstić information content (AvgIpc) is 2.49. The zero-order chi connectivity index (χ0) is 10.1. The zero-order valence-electron chi connectivity index (χ0n) is 8.33. The minimum absolute atomic E-state index is 0.163. The Morgan fingerprint density at radius 3 is 2.93 bits per heavy atom. The van der Waals surface area contributed by atoms with Gasteiger partial charge in [0.2, 0.25) is 0 Å². The van der Waals surface area contributed by atoms with Crippen molar-refractivity contribution in [2.75, 3.05) is 0 Å². The molecule has 0 saturated heterocycles. The van der Waals surface area contributed by atoms with Crippen LogP contribution in [-0.2, 0) is 11.2 Å². The Bertz CT molecular complexity index is 480. The first-order chi connectivity index (χ1) is 6.68. The molecule has 1 aromatic heterocycles. The molecule has 2 aromatic rings. The van der Waals surface area contributed by atoms with Gasteiger partial charge in [-0.2, -0.15) is 0 Å². The molecule has 0 radical (unpaired) electrons. The van der Waals surface area contributed by atoms with Crippen molar-refractivity contribution in [3.8, 4) is 0 Å². The van der Waals surface area contributed by atoms with Gasteiger partial charge < -0.3 is 4.42 Å². The molecule has 0 bridgehead atoms. The maximum Gasteiger partial charge on any atom is 0.134 e. The first-order valence-corrected chi connectivity index (χ1v) is 4.63. The molecule has 14 heavy (non-hydrogen) atoms. The number of hydrogen-bond acceptors (Lipinski definition) is 2. The minimum Gasteiger partial charge on any atom is -0.464 e. The smallest absolute Gasteiger partial charge is 0.134 e. The third-order valence-corrected chi connectivity index (χ3v) is 2.32. The van der Waals surface area contributed by atoms with Crippen LogP contribution in [0.1, 0.15) is 18.1 Å². The Morgan fingerprint density at radius 1 is 1.43 bits per heavy atom. The Hall–Kier alpha value is -1.57. The number of carbonyl (C=O) groups is 1. The van der Waals surface area contributed by atoms with Crippen molar-refractivity contribution in [3.63, 3.8) is 0 Å². The summed E-state index contributed by atoms with van der Waals surface area (Å²) in [5, 5.41) is 1.09. The van der Waals surface area contributed by atoms with E-state index in [0.717, 1.165) is 22.1 Å². The normalized spacial score (nSPS) is 10.7. The van der Waals surface area contributed by atoms with Gasteiger partial charge >= 0.3 is 0 Å². The number of furan rings is 1. The lowest BCUT2D eigenvalue weighted by Gasteiger charge is -1.97. The summed E-state index contributed by atoms with van der Waals surface area (Å²) in [6, 6.07) is 5.91. The fourth-order valence-corrected chi connectivity index (χ4v) is 1.74. The van der Waals surface area contributed by atoms with Crippen LogP contribution in [0.4, 0.5) is 0 Å². The molecule has 0 aliphatic rings. The van der Waals surface area contributed by atoms with Gasteiger partial charge in [0.1, 0.15) is 11.4 Å². The molecule has 2 heteroatoms. The van der Waals surface area contributed by atoms with Crippen molar-refractivity contribution in [1.82, 2.24) is 0 Å². The number of hydrogen-bond donors (Lipinski definition) is 0. The number of rotatable bonds is 2. The first-order valence-electron chi connectivity index (χ1n) is 4.63. The lowest BCUT2D eigenvalue weighted by atomic mass is 10.0. The molecular formula is C12H12O2. The molecule has 1 heterocycles. The van der Waals surface area contributed by atoms with Crippen LogP contribution < -0.4 is 0 Å². The van der Waals surface area contributed by atoms with Crippen LogP contribution >= 0.6 is 0 Å². The molecule has 0 aliphatic carbocycles. The van der Waals surface area contributed by atoms with E-state index in [9.17, 15) is 4.79 Å². The molecule has 0 fully saturated rings. The molecular weight excluding hydrogens is 176 g/mol. The van der Waals surface area contributed by atoms with Gasteiger partial charge in [-0.05, 0) is 25.5 Å². The number of Topliss-reactive ketones (excluding diaryl/α,β-unsaturated/α-hetero) is 1. The van der Waals surface area contributed by atoms with Gasteiger partial charge in [-0.15, -0.1) is 0 Å². The zero-order valence-corrected chi connectivity index (χ0v) is 8.33. The highest BCUT2D eigenvalue weighted by Crippen LogP contribution is 2.24. The van der Waals surface area contributed by atoms with Gasteiger partial charge in [-0.3, -0.25) is 4.79 Å². The summed E-state index contributed by atoms with van der Waals surface area (Å²) in [7, 11) is 0. The highest BCUT2D eigenvalue weighted by Gasteiger charge is 2.09. The molecule has 1 aromatic carbocycles. The predicted octanol–water partition coefficient (Wildman–Crippen LogP) is 2.87. The van der Waals surface area contributed by atoms with E-state index in [4.69, 9.17) is 4.42 Å². The van der Waals surface area contributed by atoms with Gasteiger partial charge in [-0.25, -0.2) is 0 Å². The van der Waals surface area contributed by atoms with E-state index in [1.54, 1.807) is 13.2 Å². The van der Waals surface area contributed by atoms with E-state index in [1.807, 2.05) is 25.1 Å². The van der Waals surface area contributed by atoms with Crippen LogP contribution in [0.25, 0.3) is 11.0 Å². The van der Waals surface area contributed by atoms with Crippen LogP contribution in [0, 0.1) is 6.92 Å². The largest absolute Gasteiger partial charge is 0.464 e. The highest BCUT2D eigenvalue weighted by atomic mass is 16.3. The van der Waals surface area contributed by atoms with Crippen LogP contribution in [-0.4, -0.2) is 5.78 Å². The van der Waals surface area contributed by atoms with Gasteiger partial charge in [0.25, 0.3) is 0 Å². The molecule has 0 spiro atoms. The Balaban J connectivity index is 2.61. The van der Waals surface area contributed by atoms with Crippen LogP contribution in [0.15, 0.2) is 28.9 Å². The van der Waals surface area contributed by atoms with Gasteiger partial charge in [0.05, 0.1) is 6.26 Å². The van der Waals surface area contributed by atoms with E-state index >= 15 is 0 Å². The monoisotopic (exact) mass is 188 g/mol. The van der Waals surface area contributed by atoms with Crippen LogP contribution in [0.3, 0.4) is 0 Å². The molecule has 0 amide bonds. The third kappa shape index (κ3) is 1.43. The highest BCUT2D eigenvalue weighted by molar-refractivity contribution is 5.89. The summed E-state index contributed by atoms with van der Waals surface area (Å²) >= 11 is 0. The van der Waals surface area contributed by atoms with Crippen LogP contribution in [0.2, 0.25) is 0 Å². The molecule has 0 aliphatic heterocycles. The lowest BCUT2D eigenvalue weighted by molar-refractivity contribution is -0.116. The number of ketones is 1. The SMILES string of the molecule is CC(=O)Cc1coc2cccc(C)c12. The standard InChI is InChI=1S/C12H12O2/c1-8-4-3-5-11-12(8)10(7-14-11)6-9(2)13/h3-5,7H,6H2,1-2H3. The maximum atomic E-state index is 11.0. The van der Waals surface area contributed by atoms with E-state index in [2.05, 4.69) is 0 Å². The maximum absolute atomic E-state index is 11.0. The van der Waals surface area contributed by atoms with E-state index in [0.29, 0.717) is 6.42 Å². The number of benzene rings is 1. The second kappa shape index (κ2) is 3.29. The summed E-state index contributed by atoms with van der Waals surface area (Å²) in [6.07, 6.45) is 2.14. The molecule has 0 unspecified atom stereocenters. The van der Waals surface area contributed by atoms with Crippen LogP contribution in [0.5, 0.6) is 0 Å². The first kappa shape index (κ1) is 9.00. The van der Waals surface area contributed by atoms with Crippen molar-refractivity contribution in [2.24, 2.45) is 0 Å². The average molecular weight is 188 g/mol. The van der Waals surface area contributed by atoms with Gasteiger partial charge in [0.15, 0.2) is 0 Å². The molecule has 0 N–H and O–H groups in total. The Kier molecular flexibility index (Phi) is 2.12. The van der Waals surface area contributed by atoms with E-state index < -0.39 is 0 Å². The lowest BCUT2D eigenvalue weighted by Crippen LogP contribution is -1.95. The van der Waals surface area contributed by atoms with Crippen molar-refractivity contribution in [2.45, 2.75) is 20.3 Å². The van der Waals surface area contributed by atoms with Gasteiger partial charge in [0, 0.05) is 17.4 Å². The quantitative estimate of drug-likeness (QED) is 0.725. The summed E-state index contributed by atoms with van der Waals surface area (Å²) in [6.45, 7) is 3.62. The molecule has 0 saturated carbocycles. The van der Waals surface area contributed by atoms with Crippen molar-refractivity contribution < 1.29 is 9.21 Å².